The Morgan fingerprint density at radius 2 is 1.90 bits per heavy atom. The van der Waals surface area contributed by atoms with Gasteiger partial charge >= 0.3 is 0 Å². The van der Waals surface area contributed by atoms with Crippen LogP contribution in [0.15, 0.2) is 30.3 Å². The minimum Gasteiger partial charge on any atom is -0.365 e. The molecule has 4 nitrogen and oxygen atoms in total. The van der Waals surface area contributed by atoms with Gasteiger partial charge in [0.25, 0.3) is 0 Å². The van der Waals surface area contributed by atoms with Crippen molar-refractivity contribution in [1.82, 2.24) is 10.2 Å². The minimum atomic E-state index is 0.0707. The molecule has 0 saturated carbocycles. The Hall–Kier alpha value is -1.55. The molecular formula is C17H29N3O. The quantitative estimate of drug-likeness (QED) is 0.758. The number of amides is 1. The van der Waals surface area contributed by atoms with Gasteiger partial charge in [-0.2, -0.15) is 0 Å². The van der Waals surface area contributed by atoms with Crippen molar-refractivity contribution >= 4 is 11.6 Å². The van der Waals surface area contributed by atoms with Gasteiger partial charge < -0.3 is 15.1 Å². The van der Waals surface area contributed by atoms with Gasteiger partial charge in [0.05, 0.1) is 6.54 Å². The zero-order chi connectivity index (χ0) is 15.7. The van der Waals surface area contributed by atoms with E-state index in [1.807, 2.05) is 42.3 Å². The average molecular weight is 291 g/mol. The lowest BCUT2D eigenvalue weighted by Gasteiger charge is -2.25. The number of nitrogens with zero attached hydrogens (tertiary/aromatic N) is 2. The van der Waals surface area contributed by atoms with Crippen molar-refractivity contribution in [2.75, 3.05) is 38.1 Å². The second-order valence-electron chi connectivity index (χ2n) is 5.55. The van der Waals surface area contributed by atoms with Crippen molar-refractivity contribution in [3.8, 4) is 0 Å². The highest BCUT2D eigenvalue weighted by Gasteiger charge is 2.12. The third-order valence-electron chi connectivity index (χ3n) is 3.50. The summed E-state index contributed by atoms with van der Waals surface area (Å²) in [5, 5.41) is 3.08. The Kier molecular flexibility index (Phi) is 7.83. The number of hydrogen-bond donors (Lipinski definition) is 1. The molecule has 1 rings (SSSR count). The van der Waals surface area contributed by atoms with E-state index in [2.05, 4.69) is 31.0 Å². The van der Waals surface area contributed by atoms with Crippen LogP contribution in [0.25, 0.3) is 0 Å². The summed E-state index contributed by atoms with van der Waals surface area (Å²) in [7, 11) is 1.94. The lowest BCUT2D eigenvalue weighted by molar-refractivity contribution is -0.120. The topological polar surface area (TPSA) is 35.6 Å². The van der Waals surface area contributed by atoms with Gasteiger partial charge in [0.2, 0.25) is 5.91 Å². The normalized spacial score (nSPS) is 12.2. The molecule has 1 N–H and O–H groups in total. The molecule has 0 aliphatic rings. The predicted molar refractivity (Wildman–Crippen MR) is 89.7 cm³/mol. The highest BCUT2D eigenvalue weighted by Crippen LogP contribution is 2.10. The third kappa shape index (κ3) is 6.63. The van der Waals surface area contributed by atoms with Gasteiger partial charge in [0.15, 0.2) is 0 Å². The molecule has 0 unspecified atom stereocenters. The van der Waals surface area contributed by atoms with Gasteiger partial charge in [0, 0.05) is 25.3 Å². The lowest BCUT2D eigenvalue weighted by atomic mass is 10.2. The van der Waals surface area contributed by atoms with E-state index in [1.54, 1.807) is 0 Å². The van der Waals surface area contributed by atoms with Crippen LogP contribution in [0.5, 0.6) is 0 Å². The number of para-hydroxylation sites is 1. The summed E-state index contributed by atoms with van der Waals surface area (Å²) < 4.78 is 0. The van der Waals surface area contributed by atoms with Crippen molar-refractivity contribution in [3.63, 3.8) is 0 Å². The van der Waals surface area contributed by atoms with Gasteiger partial charge in [0.1, 0.15) is 0 Å². The molecule has 1 aromatic carbocycles. The fourth-order valence-electron chi connectivity index (χ4n) is 2.44. The molecular weight excluding hydrogens is 262 g/mol. The van der Waals surface area contributed by atoms with Crippen LogP contribution >= 0.6 is 0 Å². The van der Waals surface area contributed by atoms with Crippen molar-refractivity contribution in [2.45, 2.75) is 33.2 Å². The first-order chi connectivity index (χ1) is 10.1. The van der Waals surface area contributed by atoms with Crippen molar-refractivity contribution in [3.05, 3.63) is 30.3 Å². The van der Waals surface area contributed by atoms with Crippen LogP contribution in [0.1, 0.15) is 27.2 Å². The van der Waals surface area contributed by atoms with Crippen molar-refractivity contribution < 1.29 is 4.79 Å². The van der Waals surface area contributed by atoms with Gasteiger partial charge in [-0.05, 0) is 38.6 Å². The summed E-state index contributed by atoms with van der Waals surface area (Å²) in [5.41, 5.74) is 1.06. The second kappa shape index (κ2) is 9.40. The molecule has 0 saturated heterocycles. The Morgan fingerprint density at radius 1 is 1.24 bits per heavy atom. The van der Waals surface area contributed by atoms with Gasteiger partial charge in [-0.1, -0.05) is 32.0 Å². The SMILES string of the molecule is CCCN(CC)C[C@@H](C)NC(=O)CN(C)c1ccccc1. The number of benzene rings is 1. The summed E-state index contributed by atoms with van der Waals surface area (Å²) in [5.74, 6) is 0.0707. The number of carbonyl (C=O) groups is 1. The van der Waals surface area contributed by atoms with E-state index in [1.165, 1.54) is 0 Å². The van der Waals surface area contributed by atoms with E-state index in [-0.39, 0.29) is 11.9 Å². The molecule has 4 heteroatoms. The van der Waals surface area contributed by atoms with Crippen LogP contribution in [0.3, 0.4) is 0 Å². The lowest BCUT2D eigenvalue weighted by Crippen LogP contribution is -2.45. The van der Waals surface area contributed by atoms with Crippen LogP contribution in [0, 0.1) is 0 Å². The number of carbonyl (C=O) groups excluding carboxylic acids is 1. The molecule has 1 aromatic rings. The smallest absolute Gasteiger partial charge is 0.239 e. The summed E-state index contributed by atoms with van der Waals surface area (Å²) in [6.07, 6.45) is 1.14. The highest BCUT2D eigenvalue weighted by atomic mass is 16.2. The minimum absolute atomic E-state index is 0.0707. The summed E-state index contributed by atoms with van der Waals surface area (Å²) in [6, 6.07) is 10.1. The van der Waals surface area contributed by atoms with Crippen molar-refractivity contribution in [1.29, 1.82) is 0 Å². The van der Waals surface area contributed by atoms with E-state index >= 15 is 0 Å². The van der Waals surface area contributed by atoms with E-state index in [0.717, 1.165) is 31.7 Å². The van der Waals surface area contributed by atoms with Crippen molar-refractivity contribution in [2.24, 2.45) is 0 Å². The molecule has 21 heavy (non-hydrogen) atoms. The van der Waals surface area contributed by atoms with E-state index in [9.17, 15) is 4.79 Å². The number of nitrogens with one attached hydrogen (secondary N) is 1. The largest absolute Gasteiger partial charge is 0.365 e. The molecule has 0 spiro atoms. The molecule has 0 bridgehead atoms. The molecule has 0 aromatic heterocycles. The standard InChI is InChI=1S/C17H29N3O/c1-5-12-20(6-2)13-15(3)18-17(21)14-19(4)16-10-8-7-9-11-16/h7-11,15H,5-6,12-14H2,1-4H3,(H,18,21)/t15-/m1/s1. The van der Waals surface area contributed by atoms with Crippen LogP contribution in [-0.4, -0.2) is 50.1 Å². The monoisotopic (exact) mass is 291 g/mol. The number of likely N-dealkylation sites (N-methyl/N-ethyl adjacent to an activating group) is 2. The summed E-state index contributed by atoms with van der Waals surface area (Å²) >= 11 is 0. The Balaban J connectivity index is 2.39. The van der Waals surface area contributed by atoms with Crippen LogP contribution < -0.4 is 10.2 Å². The maximum atomic E-state index is 12.1. The van der Waals surface area contributed by atoms with Gasteiger partial charge in [-0.25, -0.2) is 0 Å². The fraction of sp³-hybridized carbons (Fsp3) is 0.588. The van der Waals surface area contributed by atoms with Gasteiger partial charge in [-0.3, -0.25) is 4.79 Å². The number of anilines is 1. The molecule has 118 valence electrons. The molecule has 0 fully saturated rings. The Morgan fingerprint density at radius 3 is 2.48 bits per heavy atom. The average Bonchev–Trinajstić information content (AvgIpc) is 2.47. The fourth-order valence-corrected chi connectivity index (χ4v) is 2.44. The van der Waals surface area contributed by atoms with Crippen LogP contribution in [0.4, 0.5) is 5.69 Å². The third-order valence-corrected chi connectivity index (χ3v) is 3.50. The number of rotatable bonds is 9. The maximum absolute atomic E-state index is 12.1. The Bertz CT molecular complexity index is 408. The second-order valence-corrected chi connectivity index (χ2v) is 5.55. The first-order valence-corrected chi connectivity index (χ1v) is 7.84. The molecule has 1 amide bonds. The zero-order valence-electron chi connectivity index (χ0n) is 13.8. The Labute approximate surface area is 129 Å². The predicted octanol–water partition coefficient (Wildman–Crippen LogP) is 2.36. The molecule has 0 heterocycles. The molecule has 1 atom stereocenters. The van der Waals surface area contributed by atoms with E-state index < -0.39 is 0 Å². The van der Waals surface area contributed by atoms with Gasteiger partial charge in [-0.15, -0.1) is 0 Å². The highest BCUT2D eigenvalue weighted by molar-refractivity contribution is 5.81. The maximum Gasteiger partial charge on any atom is 0.239 e. The van der Waals surface area contributed by atoms with Crippen LogP contribution in [-0.2, 0) is 4.79 Å². The summed E-state index contributed by atoms with van der Waals surface area (Å²) in [4.78, 5) is 16.4. The molecule has 0 aliphatic carbocycles. The summed E-state index contributed by atoms with van der Waals surface area (Å²) in [6.45, 7) is 9.81. The zero-order valence-corrected chi connectivity index (χ0v) is 13.8. The van der Waals surface area contributed by atoms with Crippen LogP contribution in [0.2, 0.25) is 0 Å². The number of hydrogen-bond acceptors (Lipinski definition) is 3. The first kappa shape index (κ1) is 17.5. The molecule has 0 aliphatic heterocycles. The van der Waals surface area contributed by atoms with E-state index in [0.29, 0.717) is 6.54 Å². The van der Waals surface area contributed by atoms with E-state index in [4.69, 9.17) is 0 Å². The first-order valence-electron chi connectivity index (χ1n) is 7.84. The molecule has 0 radical (unpaired) electrons.